The van der Waals surface area contributed by atoms with Gasteiger partial charge in [0.15, 0.2) is 0 Å². The summed E-state index contributed by atoms with van der Waals surface area (Å²) < 4.78 is 10.8. The zero-order chi connectivity index (χ0) is 10.8. The fourth-order valence-corrected chi connectivity index (χ4v) is 2.81. The first-order valence-electron chi connectivity index (χ1n) is 4.39. The van der Waals surface area contributed by atoms with Gasteiger partial charge in [-0.3, -0.25) is 9.36 Å². The zero-order valence-electron chi connectivity index (χ0n) is 7.64. The van der Waals surface area contributed by atoms with Crippen molar-refractivity contribution in [3.63, 3.8) is 0 Å². The summed E-state index contributed by atoms with van der Waals surface area (Å²) in [6.45, 7) is 0.492. The van der Waals surface area contributed by atoms with E-state index in [1.807, 2.05) is 0 Å². The first kappa shape index (κ1) is 11.7. The van der Waals surface area contributed by atoms with Crippen LogP contribution in [0.2, 0.25) is 0 Å². The molecule has 0 aromatic rings. The number of carboxylic acids is 1. The van der Waals surface area contributed by atoms with Crippen LogP contribution in [0.15, 0.2) is 0 Å². The maximum atomic E-state index is 10.9. The normalized spacial score (nSPS) is 28.7. The van der Waals surface area contributed by atoms with Crippen LogP contribution in [0.3, 0.4) is 0 Å². The molecule has 4 N–H and O–H groups in total. The molecule has 14 heavy (non-hydrogen) atoms. The summed E-state index contributed by atoms with van der Waals surface area (Å²) in [7, 11) is -4.30. The highest BCUT2D eigenvalue weighted by atomic mass is 31.2. The smallest absolute Gasteiger partial charge is 0.328 e. The molecule has 0 radical (unpaired) electrons. The summed E-state index contributed by atoms with van der Waals surface area (Å²) in [6.07, 6.45) is 1.16. The molecule has 1 unspecified atom stereocenters. The van der Waals surface area contributed by atoms with Crippen molar-refractivity contribution in [3.05, 3.63) is 0 Å². The topological polar surface area (TPSA) is 107 Å². The van der Waals surface area contributed by atoms with Gasteiger partial charge >= 0.3 is 13.6 Å². The minimum atomic E-state index is -4.30. The molecule has 0 spiro atoms. The maximum absolute atomic E-state index is 10.9. The first-order valence-corrected chi connectivity index (χ1v) is 6.18. The fraction of sp³-hybridized carbons (Fsp3) is 0.857. The summed E-state index contributed by atoms with van der Waals surface area (Å²) in [5.74, 6) is -1.18. The average Bonchev–Trinajstić information content (AvgIpc) is 2.02. The van der Waals surface area contributed by atoms with Crippen molar-refractivity contribution < 1.29 is 24.3 Å². The Hall–Kier alpha value is -0.420. The molecule has 0 amide bonds. The second kappa shape index (κ2) is 3.98. The maximum Gasteiger partial charge on any atom is 0.328 e. The first-order chi connectivity index (χ1) is 6.36. The number of hydrogen-bond donors (Lipinski definition) is 4. The molecule has 0 aromatic carbocycles. The largest absolute Gasteiger partial charge is 0.480 e. The van der Waals surface area contributed by atoms with Gasteiger partial charge in [0.1, 0.15) is 5.54 Å². The predicted octanol–water partition coefficient (Wildman–Crippen LogP) is -0.239. The SMILES string of the molecule is O=C(O)C1(CP(=O)(O)O)CCCCN1. The van der Waals surface area contributed by atoms with Crippen molar-refractivity contribution in [2.24, 2.45) is 0 Å². The minimum Gasteiger partial charge on any atom is -0.480 e. The quantitative estimate of drug-likeness (QED) is 0.492. The Morgan fingerprint density at radius 3 is 2.43 bits per heavy atom. The van der Waals surface area contributed by atoms with E-state index in [1.165, 1.54) is 0 Å². The van der Waals surface area contributed by atoms with Gasteiger partial charge in [-0.25, -0.2) is 0 Å². The molecule has 0 aliphatic carbocycles. The third-order valence-electron chi connectivity index (χ3n) is 2.38. The van der Waals surface area contributed by atoms with Crippen LogP contribution >= 0.6 is 7.60 Å². The summed E-state index contributed by atoms with van der Waals surface area (Å²) in [6, 6.07) is 0. The summed E-state index contributed by atoms with van der Waals surface area (Å²) in [5.41, 5.74) is -1.43. The van der Waals surface area contributed by atoms with Gasteiger partial charge in [0.2, 0.25) is 0 Å². The molecular weight excluding hydrogens is 209 g/mol. The summed E-state index contributed by atoms with van der Waals surface area (Å²) in [5, 5.41) is 11.6. The van der Waals surface area contributed by atoms with Crippen LogP contribution in [0, 0.1) is 0 Å². The van der Waals surface area contributed by atoms with Crippen molar-refractivity contribution in [2.45, 2.75) is 24.8 Å². The van der Waals surface area contributed by atoms with Crippen LogP contribution in [0.5, 0.6) is 0 Å². The number of rotatable bonds is 3. The molecule has 1 heterocycles. The van der Waals surface area contributed by atoms with Crippen molar-refractivity contribution in [1.29, 1.82) is 0 Å². The molecule has 1 saturated heterocycles. The van der Waals surface area contributed by atoms with Gasteiger partial charge < -0.3 is 20.2 Å². The second-order valence-corrected chi connectivity index (χ2v) is 5.24. The fourth-order valence-electron chi connectivity index (χ4n) is 1.70. The lowest BCUT2D eigenvalue weighted by Crippen LogP contribution is -2.57. The Kier molecular flexibility index (Phi) is 3.32. The number of nitrogens with one attached hydrogen (secondary N) is 1. The lowest BCUT2D eigenvalue weighted by atomic mass is 9.91. The lowest BCUT2D eigenvalue weighted by molar-refractivity contribution is -0.145. The van der Waals surface area contributed by atoms with Crippen molar-refractivity contribution in [3.8, 4) is 0 Å². The van der Waals surface area contributed by atoms with Crippen LogP contribution < -0.4 is 5.32 Å². The Balaban J connectivity index is 2.81. The van der Waals surface area contributed by atoms with Gasteiger partial charge in [-0.2, -0.15) is 0 Å². The third-order valence-corrected chi connectivity index (χ3v) is 3.33. The van der Waals surface area contributed by atoms with E-state index in [-0.39, 0.29) is 6.42 Å². The Morgan fingerprint density at radius 1 is 1.43 bits per heavy atom. The molecule has 6 nitrogen and oxygen atoms in total. The summed E-state index contributed by atoms with van der Waals surface area (Å²) >= 11 is 0. The van der Waals surface area contributed by atoms with E-state index in [2.05, 4.69) is 5.32 Å². The molecule has 1 rings (SSSR count). The monoisotopic (exact) mass is 223 g/mol. The van der Waals surface area contributed by atoms with Crippen molar-refractivity contribution >= 4 is 13.6 Å². The molecular formula is C7H14NO5P. The summed E-state index contributed by atoms with van der Waals surface area (Å²) in [4.78, 5) is 28.5. The lowest BCUT2D eigenvalue weighted by Gasteiger charge is -2.34. The van der Waals surface area contributed by atoms with Crippen LogP contribution in [-0.4, -0.2) is 39.1 Å². The van der Waals surface area contributed by atoms with Crippen LogP contribution in [-0.2, 0) is 9.36 Å². The zero-order valence-corrected chi connectivity index (χ0v) is 8.54. The van der Waals surface area contributed by atoms with E-state index in [1.54, 1.807) is 0 Å². The highest BCUT2D eigenvalue weighted by Crippen LogP contribution is 2.40. The average molecular weight is 223 g/mol. The molecule has 1 atom stereocenters. The van der Waals surface area contributed by atoms with Gasteiger partial charge in [0.05, 0.1) is 6.16 Å². The van der Waals surface area contributed by atoms with Crippen LogP contribution in [0.25, 0.3) is 0 Å². The van der Waals surface area contributed by atoms with E-state index in [4.69, 9.17) is 14.9 Å². The van der Waals surface area contributed by atoms with Gasteiger partial charge in [0.25, 0.3) is 0 Å². The van der Waals surface area contributed by atoms with E-state index in [0.717, 1.165) is 6.42 Å². The van der Waals surface area contributed by atoms with Gasteiger partial charge in [-0.1, -0.05) is 0 Å². The molecule has 1 aliphatic heterocycles. The molecule has 1 aliphatic rings. The number of carbonyl (C=O) groups is 1. The Bertz CT molecular complexity index is 267. The Labute approximate surface area is 81.5 Å². The van der Waals surface area contributed by atoms with Crippen molar-refractivity contribution in [2.75, 3.05) is 12.7 Å². The Morgan fingerprint density at radius 2 is 2.07 bits per heavy atom. The van der Waals surface area contributed by atoms with E-state index < -0.39 is 25.3 Å². The minimum absolute atomic E-state index is 0.271. The highest BCUT2D eigenvalue weighted by molar-refractivity contribution is 7.51. The molecule has 82 valence electrons. The predicted molar refractivity (Wildman–Crippen MR) is 49.1 cm³/mol. The second-order valence-electron chi connectivity index (χ2n) is 3.59. The molecule has 1 fully saturated rings. The molecule has 0 bridgehead atoms. The molecule has 0 saturated carbocycles. The number of piperidine rings is 1. The molecule has 7 heteroatoms. The van der Waals surface area contributed by atoms with Gasteiger partial charge in [0, 0.05) is 0 Å². The van der Waals surface area contributed by atoms with Gasteiger partial charge in [-0.15, -0.1) is 0 Å². The van der Waals surface area contributed by atoms with E-state index in [9.17, 15) is 9.36 Å². The van der Waals surface area contributed by atoms with Gasteiger partial charge in [-0.05, 0) is 25.8 Å². The standard InChI is InChI=1S/C7H14NO5P/c9-6(10)7(5-14(11,12)13)3-1-2-4-8-7/h8H,1-5H2,(H,9,10)(H2,11,12,13). The number of carboxylic acid groups (broad SMARTS) is 1. The van der Waals surface area contributed by atoms with E-state index >= 15 is 0 Å². The molecule has 0 aromatic heterocycles. The van der Waals surface area contributed by atoms with Crippen LogP contribution in [0.4, 0.5) is 0 Å². The number of hydrogen-bond acceptors (Lipinski definition) is 3. The highest BCUT2D eigenvalue weighted by Gasteiger charge is 2.44. The van der Waals surface area contributed by atoms with E-state index in [0.29, 0.717) is 13.0 Å². The van der Waals surface area contributed by atoms with Crippen molar-refractivity contribution in [1.82, 2.24) is 5.32 Å². The van der Waals surface area contributed by atoms with Crippen LogP contribution in [0.1, 0.15) is 19.3 Å². The third kappa shape index (κ3) is 2.78. The number of aliphatic carboxylic acids is 1.